The van der Waals surface area contributed by atoms with E-state index in [-0.39, 0.29) is 60.1 Å². The zero-order valence-electron chi connectivity index (χ0n) is 23.4. The zero-order chi connectivity index (χ0) is 29.0. The van der Waals surface area contributed by atoms with Crippen molar-refractivity contribution in [3.8, 4) is 11.5 Å². The molecule has 3 aromatic rings. The molecule has 1 aliphatic rings. The Labute approximate surface area is 231 Å². The van der Waals surface area contributed by atoms with E-state index in [1.54, 1.807) is 44.0 Å². The van der Waals surface area contributed by atoms with Crippen molar-refractivity contribution in [2.45, 2.75) is 46.1 Å². The van der Waals surface area contributed by atoms with Gasteiger partial charge in [-0.2, -0.15) is 0 Å². The first-order chi connectivity index (χ1) is 19.2. The molecule has 0 radical (unpaired) electrons. The van der Waals surface area contributed by atoms with Gasteiger partial charge < -0.3 is 24.8 Å². The number of piperidine rings is 1. The number of aryl methyl sites for hydroxylation is 2. The van der Waals surface area contributed by atoms with E-state index in [0.29, 0.717) is 54.9 Å². The average molecular weight is 553 g/mol. The van der Waals surface area contributed by atoms with E-state index in [1.165, 1.54) is 15.2 Å². The molecule has 2 amide bonds. The molecule has 0 bridgehead atoms. The zero-order valence-corrected chi connectivity index (χ0v) is 23.4. The third-order valence-corrected chi connectivity index (χ3v) is 7.13. The Hall–Kier alpha value is -4.12. The molecule has 11 nitrogen and oxygen atoms in total. The van der Waals surface area contributed by atoms with E-state index in [2.05, 4.69) is 5.32 Å². The van der Waals surface area contributed by atoms with Gasteiger partial charge in [0.15, 0.2) is 11.5 Å². The molecule has 214 valence electrons. The largest absolute Gasteiger partial charge is 0.490 e. The highest BCUT2D eigenvalue weighted by Crippen LogP contribution is 2.35. The fraction of sp³-hybridized carbons (Fsp3) is 0.448. The molecule has 4 rings (SSSR count). The second kappa shape index (κ2) is 12.4. The van der Waals surface area contributed by atoms with Crippen LogP contribution in [0.5, 0.6) is 11.5 Å². The summed E-state index contributed by atoms with van der Waals surface area (Å²) in [7, 11) is 1.66. The first-order valence-electron chi connectivity index (χ1n) is 13.6. The Kier molecular flexibility index (Phi) is 8.93. The van der Waals surface area contributed by atoms with E-state index >= 15 is 0 Å². The lowest BCUT2D eigenvalue weighted by molar-refractivity contribution is -0.115. The van der Waals surface area contributed by atoms with E-state index in [9.17, 15) is 24.3 Å². The van der Waals surface area contributed by atoms with Crippen molar-refractivity contribution in [1.82, 2.24) is 14.0 Å². The summed E-state index contributed by atoms with van der Waals surface area (Å²) in [5.41, 5.74) is 1.33. The van der Waals surface area contributed by atoms with Crippen molar-refractivity contribution in [2.24, 2.45) is 7.05 Å². The van der Waals surface area contributed by atoms with Gasteiger partial charge in [-0.1, -0.05) is 18.6 Å². The van der Waals surface area contributed by atoms with Gasteiger partial charge in [-0.25, -0.2) is 4.79 Å². The highest BCUT2D eigenvalue weighted by Gasteiger charge is 2.29. The monoisotopic (exact) mass is 552 g/mol. The van der Waals surface area contributed by atoms with Gasteiger partial charge in [0.25, 0.3) is 11.5 Å². The summed E-state index contributed by atoms with van der Waals surface area (Å²) in [6.07, 6.45) is 1.06. The van der Waals surface area contributed by atoms with Gasteiger partial charge in [0, 0.05) is 38.7 Å². The van der Waals surface area contributed by atoms with Crippen LogP contribution in [0.2, 0.25) is 0 Å². The number of anilines is 1. The van der Waals surface area contributed by atoms with Crippen LogP contribution in [-0.2, 0) is 11.8 Å². The molecule has 0 atom stereocenters. The summed E-state index contributed by atoms with van der Waals surface area (Å²) in [5.74, 6) is 0.0432. The maximum atomic E-state index is 13.7. The Morgan fingerprint density at radius 1 is 1.05 bits per heavy atom. The van der Waals surface area contributed by atoms with Gasteiger partial charge in [0.1, 0.15) is 6.61 Å². The van der Waals surface area contributed by atoms with Crippen molar-refractivity contribution in [3.05, 3.63) is 62.3 Å². The molecule has 1 aromatic heterocycles. The molecule has 2 heterocycles. The second-order valence-corrected chi connectivity index (χ2v) is 9.81. The van der Waals surface area contributed by atoms with Gasteiger partial charge in [0.05, 0.1) is 35.4 Å². The number of benzene rings is 2. The SMILES string of the molecule is CCOc1cc(NC(=O)CC)c(C(=O)N2CCC(n3c(=O)c4cc(C)ccc4n(C)c3=O)CC2)cc1OCCO. The van der Waals surface area contributed by atoms with Crippen molar-refractivity contribution >= 4 is 28.4 Å². The standard InChI is InChI=1S/C29H36N4O7/c1-5-26(35)30-22-17-25(39-6-2)24(40-14-13-34)16-20(22)27(36)32-11-9-19(10-12-32)33-28(37)21-15-18(3)7-8-23(21)31(4)29(33)38/h7-8,15-17,19,34H,5-6,9-14H2,1-4H3,(H,30,35). The number of likely N-dealkylation sites (tertiary alicyclic amines) is 1. The summed E-state index contributed by atoms with van der Waals surface area (Å²) in [5, 5.41) is 12.5. The van der Waals surface area contributed by atoms with Crippen molar-refractivity contribution in [3.63, 3.8) is 0 Å². The van der Waals surface area contributed by atoms with E-state index in [1.807, 2.05) is 13.0 Å². The molecular weight excluding hydrogens is 516 g/mol. The van der Waals surface area contributed by atoms with Crippen LogP contribution in [0.3, 0.4) is 0 Å². The predicted molar refractivity (Wildman–Crippen MR) is 151 cm³/mol. The minimum atomic E-state index is -0.382. The second-order valence-electron chi connectivity index (χ2n) is 9.81. The highest BCUT2D eigenvalue weighted by atomic mass is 16.5. The number of aliphatic hydroxyl groups is 1. The molecule has 0 aliphatic carbocycles. The number of carbonyl (C=O) groups is 2. The van der Waals surface area contributed by atoms with Gasteiger partial charge in [-0.15, -0.1) is 0 Å². The number of nitrogens with one attached hydrogen (secondary N) is 1. The molecule has 0 spiro atoms. The fourth-order valence-corrected chi connectivity index (χ4v) is 5.03. The lowest BCUT2D eigenvalue weighted by Crippen LogP contribution is -2.46. The Morgan fingerprint density at radius 3 is 2.40 bits per heavy atom. The molecule has 0 saturated carbocycles. The van der Waals surface area contributed by atoms with Crippen LogP contribution in [0, 0.1) is 6.92 Å². The smallest absolute Gasteiger partial charge is 0.331 e. The van der Waals surface area contributed by atoms with Crippen LogP contribution in [-0.4, -0.2) is 63.9 Å². The van der Waals surface area contributed by atoms with Crippen LogP contribution >= 0.6 is 0 Å². The summed E-state index contributed by atoms with van der Waals surface area (Å²) < 4.78 is 14.1. The number of aromatic nitrogens is 2. The topological polar surface area (TPSA) is 132 Å². The summed E-state index contributed by atoms with van der Waals surface area (Å²) in [6.45, 7) is 6.17. The fourth-order valence-electron chi connectivity index (χ4n) is 5.03. The number of hydrogen-bond donors (Lipinski definition) is 2. The first-order valence-corrected chi connectivity index (χ1v) is 13.6. The lowest BCUT2D eigenvalue weighted by Gasteiger charge is -2.33. The summed E-state index contributed by atoms with van der Waals surface area (Å²) >= 11 is 0. The summed E-state index contributed by atoms with van der Waals surface area (Å²) in [6, 6.07) is 8.16. The minimum Gasteiger partial charge on any atom is -0.490 e. The van der Waals surface area contributed by atoms with Crippen LogP contribution in [0.25, 0.3) is 10.9 Å². The number of amides is 2. The number of hydrogen-bond acceptors (Lipinski definition) is 7. The molecule has 0 unspecified atom stereocenters. The number of ether oxygens (including phenoxy) is 2. The maximum Gasteiger partial charge on any atom is 0.331 e. The Morgan fingerprint density at radius 2 is 1.75 bits per heavy atom. The quantitative estimate of drug-likeness (QED) is 0.417. The highest BCUT2D eigenvalue weighted by molar-refractivity contribution is 6.04. The molecule has 40 heavy (non-hydrogen) atoms. The van der Waals surface area contributed by atoms with Gasteiger partial charge >= 0.3 is 5.69 Å². The van der Waals surface area contributed by atoms with E-state index < -0.39 is 0 Å². The number of nitrogens with zero attached hydrogens (tertiary/aromatic N) is 3. The minimum absolute atomic E-state index is 0.00869. The van der Waals surface area contributed by atoms with Crippen LogP contribution in [0.1, 0.15) is 55.1 Å². The molecule has 1 fully saturated rings. The van der Waals surface area contributed by atoms with Gasteiger partial charge in [-0.3, -0.25) is 23.5 Å². The van der Waals surface area contributed by atoms with Crippen LogP contribution < -0.4 is 26.0 Å². The van der Waals surface area contributed by atoms with Crippen molar-refractivity contribution in [1.29, 1.82) is 0 Å². The lowest BCUT2D eigenvalue weighted by atomic mass is 10.0. The average Bonchev–Trinajstić information content (AvgIpc) is 2.95. The Bertz CT molecular complexity index is 1530. The molecule has 11 heteroatoms. The Balaban J connectivity index is 1.63. The van der Waals surface area contributed by atoms with Crippen molar-refractivity contribution in [2.75, 3.05) is 38.2 Å². The normalized spacial score (nSPS) is 13.9. The third kappa shape index (κ3) is 5.74. The van der Waals surface area contributed by atoms with Crippen molar-refractivity contribution < 1.29 is 24.2 Å². The molecular formula is C29H36N4O7. The number of fused-ring (bicyclic) bond motifs is 1. The summed E-state index contributed by atoms with van der Waals surface area (Å²) in [4.78, 5) is 54.2. The molecule has 2 N–H and O–H groups in total. The van der Waals surface area contributed by atoms with Gasteiger partial charge in [-0.05, 0) is 44.9 Å². The maximum absolute atomic E-state index is 13.7. The number of aliphatic hydroxyl groups excluding tert-OH is 1. The van der Waals surface area contributed by atoms with Crippen LogP contribution in [0.4, 0.5) is 5.69 Å². The predicted octanol–water partition coefficient (Wildman–Crippen LogP) is 2.60. The first kappa shape index (κ1) is 28.9. The third-order valence-electron chi connectivity index (χ3n) is 7.13. The van der Waals surface area contributed by atoms with Crippen LogP contribution in [0.15, 0.2) is 39.9 Å². The number of rotatable bonds is 9. The number of carbonyl (C=O) groups excluding carboxylic acids is 2. The molecule has 1 saturated heterocycles. The van der Waals surface area contributed by atoms with E-state index in [0.717, 1.165) is 5.56 Å². The van der Waals surface area contributed by atoms with Gasteiger partial charge in [0.2, 0.25) is 5.91 Å². The molecule has 2 aromatic carbocycles. The molecule has 1 aliphatic heterocycles. The van der Waals surface area contributed by atoms with E-state index in [4.69, 9.17) is 9.47 Å².